The summed E-state index contributed by atoms with van der Waals surface area (Å²) in [5.74, 6) is 0.532. The molecule has 0 bridgehead atoms. The summed E-state index contributed by atoms with van der Waals surface area (Å²) in [6.45, 7) is 0.674. The molecule has 0 spiro atoms. The van der Waals surface area contributed by atoms with Crippen molar-refractivity contribution < 1.29 is 9.11 Å². The van der Waals surface area contributed by atoms with Crippen molar-refractivity contribution in [2.24, 2.45) is 5.92 Å². The highest BCUT2D eigenvalue weighted by Gasteiger charge is 2.40. The van der Waals surface area contributed by atoms with E-state index in [1.54, 1.807) is 21.7 Å². The van der Waals surface area contributed by atoms with E-state index in [1.165, 1.54) is 6.42 Å². The third kappa shape index (κ3) is 2.56. The molecular weight excluding hydrogens is 334 g/mol. The molecule has 5 nitrogen and oxygen atoms in total. The maximum absolute atomic E-state index is 10.7. The molecule has 25 heavy (non-hydrogen) atoms. The number of fused-ring (bicyclic) bond motifs is 1. The average molecular weight is 355 g/mol. The van der Waals surface area contributed by atoms with Crippen molar-refractivity contribution in [3.05, 3.63) is 48.0 Å². The first-order chi connectivity index (χ1) is 12.0. The Morgan fingerprint density at radius 1 is 1.16 bits per heavy atom. The van der Waals surface area contributed by atoms with Crippen molar-refractivity contribution in [3.8, 4) is 17.2 Å². The maximum atomic E-state index is 10.7. The SMILES string of the molecule is CN1c2cc(-c3ccccc3C#N)ccc2N(CC2CCC2)S1(O)O. The Morgan fingerprint density at radius 3 is 2.60 bits per heavy atom. The lowest BCUT2D eigenvalue weighted by molar-refractivity contribution is 0.323. The molecule has 0 unspecified atom stereocenters. The van der Waals surface area contributed by atoms with Crippen molar-refractivity contribution in [1.29, 1.82) is 5.26 Å². The lowest BCUT2D eigenvalue weighted by Crippen LogP contribution is -2.36. The van der Waals surface area contributed by atoms with Gasteiger partial charge in [0, 0.05) is 13.6 Å². The first kappa shape index (κ1) is 16.3. The van der Waals surface area contributed by atoms with Crippen LogP contribution in [0.25, 0.3) is 11.1 Å². The van der Waals surface area contributed by atoms with Crippen LogP contribution in [0.15, 0.2) is 42.5 Å². The van der Waals surface area contributed by atoms with Crippen LogP contribution in [0.3, 0.4) is 0 Å². The Bertz CT molecular complexity index is 858. The third-order valence-corrected chi connectivity index (χ3v) is 7.12. The van der Waals surface area contributed by atoms with Gasteiger partial charge in [0.15, 0.2) is 0 Å². The molecule has 1 aliphatic carbocycles. The number of hydrogen-bond acceptors (Lipinski definition) is 5. The predicted molar refractivity (Wildman–Crippen MR) is 103 cm³/mol. The van der Waals surface area contributed by atoms with Gasteiger partial charge in [0.1, 0.15) is 0 Å². The Morgan fingerprint density at radius 2 is 1.92 bits per heavy atom. The fourth-order valence-electron chi connectivity index (χ4n) is 3.51. The van der Waals surface area contributed by atoms with Crippen LogP contribution in [-0.4, -0.2) is 22.7 Å². The Hall–Kier alpha value is -2.20. The van der Waals surface area contributed by atoms with Crippen LogP contribution < -0.4 is 8.61 Å². The fraction of sp³-hybridized carbons (Fsp3) is 0.316. The number of anilines is 2. The zero-order valence-corrected chi connectivity index (χ0v) is 14.9. The van der Waals surface area contributed by atoms with E-state index < -0.39 is 11.0 Å². The van der Waals surface area contributed by atoms with Crippen LogP contribution in [-0.2, 0) is 0 Å². The molecule has 0 atom stereocenters. The highest BCUT2D eigenvalue weighted by Crippen LogP contribution is 2.61. The summed E-state index contributed by atoms with van der Waals surface area (Å²) < 4.78 is 24.8. The third-order valence-electron chi connectivity index (χ3n) is 5.25. The number of rotatable bonds is 3. The van der Waals surface area contributed by atoms with Gasteiger partial charge in [-0.2, -0.15) is 5.26 Å². The van der Waals surface area contributed by atoms with Crippen molar-refractivity contribution in [3.63, 3.8) is 0 Å². The predicted octanol–water partition coefficient (Wildman–Crippen LogP) is 4.86. The molecule has 0 amide bonds. The molecular formula is C19H21N3O2S. The summed E-state index contributed by atoms with van der Waals surface area (Å²) in [5.41, 5.74) is 4.02. The molecule has 0 saturated heterocycles. The summed E-state index contributed by atoms with van der Waals surface area (Å²) in [7, 11) is -1.29. The minimum absolute atomic E-state index is 0.532. The van der Waals surface area contributed by atoms with Gasteiger partial charge in [0.2, 0.25) is 0 Å². The van der Waals surface area contributed by atoms with Gasteiger partial charge in [-0.15, -0.1) is 0 Å². The van der Waals surface area contributed by atoms with Crippen molar-refractivity contribution >= 4 is 22.3 Å². The molecule has 130 valence electrons. The smallest absolute Gasteiger partial charge is 0.0998 e. The summed E-state index contributed by atoms with van der Waals surface area (Å²) in [6.07, 6.45) is 3.53. The van der Waals surface area contributed by atoms with Gasteiger partial charge in [-0.1, -0.05) is 30.7 Å². The molecule has 0 aromatic heterocycles. The van der Waals surface area contributed by atoms with Gasteiger partial charge < -0.3 is 0 Å². The second kappa shape index (κ2) is 5.95. The van der Waals surface area contributed by atoms with Gasteiger partial charge in [-0.3, -0.25) is 17.7 Å². The van der Waals surface area contributed by atoms with E-state index in [4.69, 9.17) is 0 Å². The second-order valence-corrected chi connectivity index (χ2v) is 8.67. The van der Waals surface area contributed by atoms with Crippen molar-refractivity contribution in [1.82, 2.24) is 0 Å². The molecule has 1 aliphatic heterocycles. The van der Waals surface area contributed by atoms with E-state index in [9.17, 15) is 14.4 Å². The van der Waals surface area contributed by atoms with Gasteiger partial charge in [0.05, 0.1) is 23.0 Å². The van der Waals surface area contributed by atoms with Crippen LogP contribution >= 0.6 is 11.0 Å². The average Bonchev–Trinajstić information content (AvgIpc) is 2.77. The zero-order valence-electron chi connectivity index (χ0n) is 14.1. The normalized spacial score (nSPS) is 19.9. The van der Waals surface area contributed by atoms with Gasteiger partial charge in [-0.05, 0) is 59.0 Å². The summed E-state index contributed by atoms with van der Waals surface area (Å²) >= 11 is 0. The van der Waals surface area contributed by atoms with E-state index in [0.29, 0.717) is 18.0 Å². The van der Waals surface area contributed by atoms with Gasteiger partial charge >= 0.3 is 0 Å². The molecule has 4 rings (SSSR count). The standard InChI is InChI=1S/C19H21N3O2S/c1-21-19-11-15(17-8-3-2-7-16(17)12-20)9-10-18(19)22(25(21,23)24)13-14-5-4-6-14/h2-3,7-11,14,23-24H,4-6,13H2,1H3. The van der Waals surface area contributed by atoms with Crippen LogP contribution in [0.4, 0.5) is 11.4 Å². The molecule has 1 heterocycles. The topological polar surface area (TPSA) is 70.7 Å². The minimum atomic E-state index is -3.01. The summed E-state index contributed by atoms with van der Waals surface area (Å²) in [6, 6.07) is 15.5. The van der Waals surface area contributed by atoms with E-state index in [0.717, 1.165) is 35.3 Å². The quantitative estimate of drug-likeness (QED) is 0.822. The van der Waals surface area contributed by atoms with E-state index in [-0.39, 0.29) is 0 Å². The highest BCUT2D eigenvalue weighted by molar-refractivity contribution is 8.26. The molecule has 0 radical (unpaired) electrons. The van der Waals surface area contributed by atoms with Crippen molar-refractivity contribution in [2.75, 3.05) is 22.2 Å². The van der Waals surface area contributed by atoms with E-state index >= 15 is 0 Å². The zero-order chi connectivity index (χ0) is 17.6. The van der Waals surface area contributed by atoms with Crippen LogP contribution in [0, 0.1) is 17.2 Å². The molecule has 2 N–H and O–H groups in total. The molecule has 2 aromatic carbocycles. The summed E-state index contributed by atoms with van der Waals surface area (Å²) in [5, 5.41) is 9.34. The first-order valence-corrected chi connectivity index (χ1v) is 9.92. The monoisotopic (exact) mass is 355 g/mol. The van der Waals surface area contributed by atoms with Crippen LogP contribution in [0.2, 0.25) is 0 Å². The molecule has 1 saturated carbocycles. The number of benzene rings is 2. The largest absolute Gasteiger partial charge is 0.264 e. The van der Waals surface area contributed by atoms with Crippen molar-refractivity contribution in [2.45, 2.75) is 19.3 Å². The Balaban J connectivity index is 1.76. The van der Waals surface area contributed by atoms with Crippen LogP contribution in [0.1, 0.15) is 24.8 Å². The highest BCUT2D eigenvalue weighted by atomic mass is 32.3. The Kier molecular flexibility index (Phi) is 3.88. The van der Waals surface area contributed by atoms with Gasteiger partial charge in [0.25, 0.3) is 0 Å². The van der Waals surface area contributed by atoms with Crippen LogP contribution in [0.5, 0.6) is 0 Å². The fourth-order valence-corrected chi connectivity index (χ4v) is 5.04. The Labute approximate surface area is 149 Å². The number of hydrogen-bond donors (Lipinski definition) is 2. The molecule has 2 aliphatic rings. The number of nitriles is 1. The summed E-state index contributed by atoms with van der Waals surface area (Å²) in [4.78, 5) is 0. The van der Waals surface area contributed by atoms with Gasteiger partial charge in [-0.25, -0.2) is 0 Å². The maximum Gasteiger partial charge on any atom is 0.0998 e. The van der Waals surface area contributed by atoms with E-state index in [2.05, 4.69) is 6.07 Å². The molecule has 1 fully saturated rings. The molecule has 6 heteroatoms. The minimum Gasteiger partial charge on any atom is -0.264 e. The lowest BCUT2D eigenvalue weighted by Gasteiger charge is -2.44. The second-order valence-electron chi connectivity index (χ2n) is 6.71. The molecule has 2 aromatic rings. The first-order valence-electron chi connectivity index (χ1n) is 8.45. The number of nitrogens with zero attached hydrogens (tertiary/aromatic N) is 3. The lowest BCUT2D eigenvalue weighted by atomic mass is 9.85. The van der Waals surface area contributed by atoms with E-state index in [1.807, 2.05) is 36.4 Å².